The van der Waals surface area contributed by atoms with Crippen molar-refractivity contribution in [1.82, 2.24) is 40.6 Å². The number of nitrogens with one attached hydrogen (secondary N) is 1. The van der Waals surface area contributed by atoms with Crippen LogP contribution in [0.3, 0.4) is 0 Å². The van der Waals surface area contributed by atoms with Crippen molar-refractivity contribution in [1.29, 1.82) is 5.26 Å². The number of methoxy groups -OCH3 is 2. The Morgan fingerprint density at radius 2 is 1.52 bits per heavy atom. The minimum absolute atomic E-state index is 0. The van der Waals surface area contributed by atoms with Crippen molar-refractivity contribution in [2.45, 2.75) is 13.7 Å². The highest BCUT2D eigenvalue weighted by Crippen LogP contribution is 2.07. The summed E-state index contributed by atoms with van der Waals surface area (Å²) in [6.07, 6.45) is 9.64. The highest BCUT2D eigenvalue weighted by Gasteiger charge is 1.98. The number of hydrogen-bond donors (Lipinski definition) is 2. The number of ether oxygens (including phenoxy) is 2. The zero-order valence-corrected chi connectivity index (χ0v) is 17.7. The van der Waals surface area contributed by atoms with Crippen LogP contribution in [-0.4, -0.2) is 67.6 Å². The first-order valence-corrected chi connectivity index (χ1v) is 9.17. The third-order valence-electron chi connectivity index (χ3n) is 3.20. The fraction of sp³-hybridized carbons (Fsp3) is 0.238. The van der Waals surface area contributed by atoms with E-state index in [0.29, 0.717) is 12.2 Å². The number of aromatic nitrogens is 8. The van der Waals surface area contributed by atoms with E-state index in [1.807, 2.05) is 30.3 Å². The van der Waals surface area contributed by atoms with Gasteiger partial charge in [-0.15, -0.1) is 10.2 Å². The molecule has 3 N–H and O–H groups in total. The molecule has 0 aliphatic rings. The standard InChI is InChI=1S/C7H6N4.C5H3N3.C4H4N2.C4H11NO2.CH4/c1-2-6(11-10-3-1)7-8-4-5-9-7;6-4-5-2-1-3-7-8-5;1-2-4-6-5-3-1;1-6-4(3-5)7-2;/h1-5H,(H,8,9);1-3H;1-4H;4H,3,5H2,1-2H3;1H4. The third-order valence-corrected chi connectivity index (χ3v) is 3.20. The smallest absolute Gasteiger partial charge is 0.168 e. The van der Waals surface area contributed by atoms with Gasteiger partial charge in [-0.25, -0.2) is 4.98 Å². The van der Waals surface area contributed by atoms with Crippen molar-refractivity contribution in [3.63, 3.8) is 0 Å². The molecule has 0 saturated heterocycles. The van der Waals surface area contributed by atoms with Gasteiger partial charge in [-0.2, -0.15) is 25.7 Å². The molecule has 0 radical (unpaired) electrons. The summed E-state index contributed by atoms with van der Waals surface area (Å²) in [5.74, 6) is 0.748. The Labute approximate surface area is 192 Å². The Balaban J connectivity index is 0.000000422. The number of nitrogens with zero attached hydrogens (tertiary/aromatic N) is 8. The summed E-state index contributed by atoms with van der Waals surface area (Å²) in [7, 11) is 3.11. The molecule has 0 aliphatic heterocycles. The van der Waals surface area contributed by atoms with Gasteiger partial charge < -0.3 is 20.2 Å². The number of imidazole rings is 1. The molecule has 4 rings (SSSR count). The van der Waals surface area contributed by atoms with Crippen LogP contribution in [0.5, 0.6) is 0 Å². The van der Waals surface area contributed by atoms with Crippen molar-refractivity contribution < 1.29 is 9.47 Å². The summed E-state index contributed by atoms with van der Waals surface area (Å²) >= 11 is 0. The van der Waals surface area contributed by atoms with Gasteiger partial charge in [-0.3, -0.25) is 0 Å². The summed E-state index contributed by atoms with van der Waals surface area (Å²) < 4.78 is 9.40. The molecule has 4 aromatic heterocycles. The van der Waals surface area contributed by atoms with E-state index in [4.69, 9.17) is 20.5 Å². The summed E-state index contributed by atoms with van der Waals surface area (Å²) in [5.41, 5.74) is 6.26. The predicted molar refractivity (Wildman–Crippen MR) is 122 cm³/mol. The van der Waals surface area contributed by atoms with Gasteiger partial charge in [0.1, 0.15) is 11.8 Å². The third kappa shape index (κ3) is 13.7. The van der Waals surface area contributed by atoms with E-state index in [9.17, 15) is 0 Å². The fourth-order valence-corrected chi connectivity index (χ4v) is 1.74. The molecule has 33 heavy (non-hydrogen) atoms. The first-order valence-electron chi connectivity index (χ1n) is 9.17. The van der Waals surface area contributed by atoms with Crippen LogP contribution < -0.4 is 5.73 Å². The lowest BCUT2D eigenvalue weighted by molar-refractivity contribution is -0.0940. The quantitative estimate of drug-likeness (QED) is 0.432. The second-order valence-corrected chi connectivity index (χ2v) is 5.32. The number of nitriles is 1. The first-order chi connectivity index (χ1) is 15.7. The molecular weight excluding hydrogens is 424 g/mol. The highest BCUT2D eigenvalue weighted by molar-refractivity contribution is 5.46. The number of aromatic amines is 1. The molecule has 0 aromatic carbocycles. The van der Waals surface area contributed by atoms with E-state index < -0.39 is 0 Å². The SMILES string of the molecule is C.COC(CN)OC.N#Cc1cccnn1.c1ccnnc1.c1cnnc(-c2ncc[nH]2)c1. The molecule has 0 unspecified atom stereocenters. The van der Waals surface area contributed by atoms with Gasteiger partial charge >= 0.3 is 0 Å². The summed E-state index contributed by atoms with van der Waals surface area (Å²) in [4.78, 5) is 6.97. The van der Waals surface area contributed by atoms with Crippen LogP contribution in [0.1, 0.15) is 13.1 Å². The van der Waals surface area contributed by atoms with E-state index in [2.05, 4.69) is 40.6 Å². The predicted octanol–water partition coefficient (Wildman–Crippen LogP) is 1.89. The summed E-state index contributed by atoms with van der Waals surface area (Å²) in [5, 5.41) is 29.8. The highest BCUT2D eigenvalue weighted by atomic mass is 16.7. The number of hydrogen-bond acceptors (Lipinski definition) is 11. The molecule has 4 aromatic rings. The maximum Gasteiger partial charge on any atom is 0.168 e. The van der Waals surface area contributed by atoms with Crippen molar-refractivity contribution >= 4 is 0 Å². The van der Waals surface area contributed by atoms with Gasteiger partial charge in [-0.05, 0) is 36.4 Å². The number of nitrogens with two attached hydrogens (primary N) is 1. The zero-order chi connectivity index (χ0) is 23.3. The Morgan fingerprint density at radius 3 is 1.82 bits per heavy atom. The fourth-order valence-electron chi connectivity index (χ4n) is 1.74. The minimum Gasteiger partial charge on any atom is -0.355 e. The van der Waals surface area contributed by atoms with E-state index >= 15 is 0 Å². The van der Waals surface area contributed by atoms with Crippen LogP contribution in [-0.2, 0) is 9.47 Å². The average molecular weight is 453 g/mol. The van der Waals surface area contributed by atoms with Gasteiger partial charge in [0.25, 0.3) is 0 Å². The zero-order valence-electron chi connectivity index (χ0n) is 17.7. The molecule has 0 spiro atoms. The van der Waals surface area contributed by atoms with Crippen LogP contribution in [0, 0.1) is 11.3 Å². The Kier molecular flexibility index (Phi) is 17.3. The van der Waals surface area contributed by atoms with E-state index in [1.165, 1.54) is 6.20 Å². The van der Waals surface area contributed by atoms with Gasteiger partial charge in [-0.1, -0.05) is 7.43 Å². The van der Waals surface area contributed by atoms with Gasteiger partial charge in [0.2, 0.25) is 0 Å². The van der Waals surface area contributed by atoms with E-state index in [0.717, 1.165) is 11.5 Å². The molecule has 12 heteroatoms. The normalized spacial score (nSPS) is 8.82. The monoisotopic (exact) mass is 452 g/mol. The Hall–Kier alpha value is -4.18. The van der Waals surface area contributed by atoms with Gasteiger partial charge in [0.05, 0.1) is 0 Å². The molecule has 0 bridgehead atoms. The maximum atomic E-state index is 8.19. The number of H-pyrrole nitrogens is 1. The minimum atomic E-state index is -0.236. The van der Waals surface area contributed by atoms with Crippen molar-refractivity contribution in [3.05, 3.63) is 79.3 Å². The number of rotatable bonds is 4. The lowest BCUT2D eigenvalue weighted by Gasteiger charge is -2.08. The molecule has 0 aliphatic carbocycles. The molecule has 4 heterocycles. The average Bonchev–Trinajstić information content (AvgIpc) is 3.44. The van der Waals surface area contributed by atoms with Crippen molar-refractivity contribution in [3.8, 4) is 17.6 Å². The van der Waals surface area contributed by atoms with Crippen LogP contribution in [0.2, 0.25) is 0 Å². The van der Waals surface area contributed by atoms with Crippen molar-refractivity contribution in [2.75, 3.05) is 20.8 Å². The second kappa shape index (κ2) is 19.8. The lowest BCUT2D eigenvalue weighted by Crippen LogP contribution is -2.23. The van der Waals surface area contributed by atoms with E-state index in [1.54, 1.807) is 57.3 Å². The molecule has 0 saturated carbocycles. The summed E-state index contributed by atoms with van der Waals surface area (Å²) in [6, 6.07) is 12.5. The molecule has 174 valence electrons. The van der Waals surface area contributed by atoms with Crippen LogP contribution >= 0.6 is 0 Å². The van der Waals surface area contributed by atoms with Gasteiger partial charge in [0.15, 0.2) is 17.8 Å². The maximum absolute atomic E-state index is 8.19. The Morgan fingerprint density at radius 1 is 0.909 bits per heavy atom. The topological polar surface area (TPSA) is 174 Å². The second-order valence-electron chi connectivity index (χ2n) is 5.32. The molecule has 0 amide bonds. The van der Waals surface area contributed by atoms with Crippen LogP contribution in [0.4, 0.5) is 0 Å². The first kappa shape index (κ1) is 28.8. The largest absolute Gasteiger partial charge is 0.355 e. The van der Waals surface area contributed by atoms with Crippen molar-refractivity contribution in [2.24, 2.45) is 5.73 Å². The molecule has 0 atom stereocenters. The van der Waals surface area contributed by atoms with Gasteiger partial charge in [0, 0.05) is 57.9 Å². The Bertz CT molecular complexity index is 917. The summed E-state index contributed by atoms with van der Waals surface area (Å²) in [6.45, 7) is 0.410. The lowest BCUT2D eigenvalue weighted by atomic mass is 10.4. The van der Waals surface area contributed by atoms with Crippen LogP contribution in [0.25, 0.3) is 11.5 Å². The van der Waals surface area contributed by atoms with Crippen LogP contribution in [0.15, 0.2) is 73.6 Å². The molecular formula is C21H28N10O2. The van der Waals surface area contributed by atoms with E-state index in [-0.39, 0.29) is 13.7 Å². The molecule has 0 fully saturated rings. The molecule has 12 nitrogen and oxygen atoms in total.